The van der Waals surface area contributed by atoms with Crippen molar-refractivity contribution in [2.24, 2.45) is 17.0 Å². The second kappa shape index (κ2) is 18.2. The second-order valence-electron chi connectivity index (χ2n) is 13.8. The van der Waals surface area contributed by atoms with Crippen LogP contribution in [-0.4, -0.2) is 102 Å². The maximum Gasteiger partial charge on any atom is 0.328 e. The van der Waals surface area contributed by atoms with Gasteiger partial charge in [-0.15, -0.1) is 0 Å². The van der Waals surface area contributed by atoms with Gasteiger partial charge >= 0.3 is 6.03 Å². The van der Waals surface area contributed by atoms with E-state index < -0.39 is 52.0 Å². The molecule has 0 aliphatic carbocycles. The number of benzene rings is 3. The van der Waals surface area contributed by atoms with E-state index in [9.17, 15) is 27.9 Å². The number of imide groups is 1. The molecule has 13 nitrogen and oxygen atoms in total. The highest BCUT2D eigenvalue weighted by atomic mass is 32.2. The number of hydrogen-bond donors (Lipinski definition) is 4. The van der Waals surface area contributed by atoms with Crippen molar-refractivity contribution in [3.8, 4) is 0 Å². The normalized spacial score (nSPS) is 15.6. The van der Waals surface area contributed by atoms with Gasteiger partial charge in [0.15, 0.2) is 0 Å². The smallest absolute Gasteiger partial charge is 0.328 e. The van der Waals surface area contributed by atoms with E-state index in [1.165, 1.54) is 39.7 Å². The first-order valence-corrected chi connectivity index (χ1v) is 18.8. The van der Waals surface area contributed by atoms with Crippen LogP contribution in [0, 0.1) is 11.8 Å². The zero-order chi connectivity index (χ0) is 38.0. The van der Waals surface area contributed by atoms with Crippen molar-refractivity contribution in [1.82, 2.24) is 24.7 Å². The Kier molecular flexibility index (Phi) is 14.1. The number of carbonyl (C=O) groups excluding carboxylic acids is 3. The fourth-order valence-electron chi connectivity index (χ4n) is 6.34. The zero-order valence-electron chi connectivity index (χ0n) is 30.3. The molecule has 3 atom stereocenters. The van der Waals surface area contributed by atoms with Crippen molar-refractivity contribution in [3.05, 3.63) is 101 Å². The molecule has 0 spiro atoms. The first kappa shape index (κ1) is 40.1. The van der Waals surface area contributed by atoms with Gasteiger partial charge in [0.2, 0.25) is 15.9 Å². The highest BCUT2D eigenvalue weighted by Crippen LogP contribution is 2.24. The maximum atomic E-state index is 14.2. The van der Waals surface area contributed by atoms with Crippen LogP contribution >= 0.6 is 0 Å². The Morgan fingerprint density at radius 1 is 0.942 bits per heavy atom. The van der Waals surface area contributed by atoms with Crippen LogP contribution in [0.3, 0.4) is 0 Å². The second-order valence-corrected chi connectivity index (χ2v) is 15.8. The Labute approximate surface area is 306 Å². The van der Waals surface area contributed by atoms with Gasteiger partial charge in [-0.2, -0.15) is 4.31 Å². The lowest BCUT2D eigenvalue weighted by Gasteiger charge is -2.34. The van der Waals surface area contributed by atoms with Gasteiger partial charge in [0.1, 0.15) is 12.6 Å². The number of carbonyl (C=O) groups is 3. The molecule has 4 amide bonds. The van der Waals surface area contributed by atoms with Crippen LogP contribution in [0.1, 0.15) is 49.9 Å². The monoisotopic (exact) mass is 734 g/mol. The van der Waals surface area contributed by atoms with Crippen molar-refractivity contribution in [2.75, 3.05) is 26.7 Å². The number of oxime groups is 1. The number of urea groups is 1. The molecule has 3 aromatic carbocycles. The van der Waals surface area contributed by atoms with E-state index in [0.29, 0.717) is 12.1 Å². The molecule has 4 N–H and O–H groups in total. The van der Waals surface area contributed by atoms with E-state index >= 15 is 0 Å². The lowest BCUT2D eigenvalue weighted by Crippen LogP contribution is -2.57. The summed E-state index contributed by atoms with van der Waals surface area (Å²) in [5.74, 6) is -1.48. The van der Waals surface area contributed by atoms with E-state index in [0.717, 1.165) is 21.6 Å². The van der Waals surface area contributed by atoms with Crippen molar-refractivity contribution >= 4 is 34.1 Å². The van der Waals surface area contributed by atoms with Gasteiger partial charge in [0, 0.05) is 19.6 Å². The number of sulfonamides is 1. The van der Waals surface area contributed by atoms with Gasteiger partial charge in [-0.3, -0.25) is 14.5 Å². The van der Waals surface area contributed by atoms with E-state index in [1.807, 2.05) is 75.5 Å². The molecule has 0 bridgehead atoms. The van der Waals surface area contributed by atoms with E-state index in [1.54, 1.807) is 13.8 Å². The third kappa shape index (κ3) is 10.2. The molecule has 0 radical (unpaired) electrons. The van der Waals surface area contributed by atoms with Gasteiger partial charge in [-0.1, -0.05) is 99.6 Å². The Morgan fingerprint density at radius 3 is 2.21 bits per heavy atom. The predicted octanol–water partition coefficient (Wildman–Crippen LogP) is 3.44. The highest BCUT2D eigenvalue weighted by Gasteiger charge is 2.44. The minimum absolute atomic E-state index is 0.00511. The van der Waals surface area contributed by atoms with Crippen molar-refractivity contribution in [1.29, 1.82) is 0 Å². The van der Waals surface area contributed by atoms with E-state index in [4.69, 9.17) is 5.21 Å². The summed E-state index contributed by atoms with van der Waals surface area (Å²) in [5, 5.41) is 29.6. The number of rotatable bonds is 18. The lowest BCUT2D eigenvalue weighted by atomic mass is 9.97. The highest BCUT2D eigenvalue weighted by molar-refractivity contribution is 7.89. The number of nitrogens with zero attached hydrogens (tertiary/aromatic N) is 4. The molecule has 1 aliphatic rings. The van der Waals surface area contributed by atoms with E-state index in [2.05, 4.69) is 15.8 Å². The molecule has 52 heavy (non-hydrogen) atoms. The Balaban J connectivity index is 1.58. The fraction of sp³-hybridized carbons (Fsp3) is 0.421. The molecule has 1 aliphatic heterocycles. The number of nitrogens with one attached hydrogen (secondary N) is 2. The van der Waals surface area contributed by atoms with Crippen molar-refractivity contribution < 1.29 is 33.1 Å². The predicted molar refractivity (Wildman–Crippen MR) is 198 cm³/mol. The fourth-order valence-corrected chi connectivity index (χ4v) is 7.96. The molecule has 0 aromatic heterocycles. The largest absolute Gasteiger partial charge is 0.411 e. The Morgan fingerprint density at radius 2 is 1.60 bits per heavy atom. The average Bonchev–Trinajstić information content (AvgIpc) is 3.36. The molecule has 1 heterocycles. The molecular formula is C38H50N6O7S. The summed E-state index contributed by atoms with van der Waals surface area (Å²) in [5.41, 5.74) is 3.08. The van der Waals surface area contributed by atoms with Crippen LogP contribution in [0.15, 0.2) is 88.9 Å². The van der Waals surface area contributed by atoms with E-state index in [-0.39, 0.29) is 43.4 Å². The summed E-state index contributed by atoms with van der Waals surface area (Å²) in [7, 11) is -2.27. The summed E-state index contributed by atoms with van der Waals surface area (Å²) in [4.78, 5) is 43.5. The number of aliphatic hydroxyl groups is 1. The topological polar surface area (TPSA) is 172 Å². The molecule has 4 rings (SSSR count). The van der Waals surface area contributed by atoms with Gasteiger partial charge in [0.25, 0.3) is 5.91 Å². The third-order valence-electron chi connectivity index (χ3n) is 8.81. The molecule has 14 heteroatoms. The third-order valence-corrected chi connectivity index (χ3v) is 10.7. The molecular weight excluding hydrogens is 685 g/mol. The Bertz CT molecular complexity index is 1800. The summed E-state index contributed by atoms with van der Waals surface area (Å²) in [6.45, 7) is 7.47. The van der Waals surface area contributed by atoms with Gasteiger partial charge in [-0.25, -0.2) is 13.2 Å². The van der Waals surface area contributed by atoms with Crippen LogP contribution in [0.5, 0.6) is 0 Å². The van der Waals surface area contributed by atoms with Crippen LogP contribution in [0.2, 0.25) is 0 Å². The summed E-state index contributed by atoms with van der Waals surface area (Å²) in [6.07, 6.45) is -0.00464. The van der Waals surface area contributed by atoms with Gasteiger partial charge < -0.3 is 25.8 Å². The van der Waals surface area contributed by atoms with Gasteiger partial charge in [-0.05, 0) is 59.7 Å². The first-order chi connectivity index (χ1) is 24.7. The minimum atomic E-state index is -4.10. The van der Waals surface area contributed by atoms with Crippen LogP contribution < -0.4 is 10.6 Å². The summed E-state index contributed by atoms with van der Waals surface area (Å²) < 4.78 is 29.0. The molecule has 0 saturated carbocycles. The summed E-state index contributed by atoms with van der Waals surface area (Å²) >= 11 is 0. The lowest BCUT2D eigenvalue weighted by molar-refractivity contribution is -0.129. The molecule has 0 unspecified atom stereocenters. The SMILES string of the molecule is CNCc1cccc(CN2C(=O)CN([C@H](C(=O)N[C@@H](Cc3ccccc3)[C@@H](O)CN(CC(C)C)S(=O)(=O)c3ccc(C=NO)cc3)C(C)C)C2=O)c1. The minimum Gasteiger partial charge on any atom is -0.411 e. The standard InChI is InChI=1S/C38H50N6O7S/c1-26(2)22-42(52(50,51)32-16-14-29(15-17-32)21-40-49)24-34(45)33(19-28-10-7-6-8-11-28)41-37(47)36(27(3)4)44-25-35(46)43(38(44)48)23-31-13-9-12-30(18-31)20-39-5/h6-18,21,26-27,33-34,36,39,45,49H,19-20,22-25H2,1-5H3,(H,41,47)/t33-,34-,36-/m0/s1. The van der Waals surface area contributed by atoms with Gasteiger partial charge in [0.05, 0.1) is 29.8 Å². The average molecular weight is 735 g/mol. The number of amides is 4. The molecule has 1 fully saturated rings. The van der Waals surface area contributed by atoms with Crippen LogP contribution in [-0.2, 0) is 39.1 Å². The summed E-state index contributed by atoms with van der Waals surface area (Å²) in [6, 6.07) is 20.0. The zero-order valence-corrected chi connectivity index (χ0v) is 31.2. The molecule has 3 aromatic rings. The van der Waals surface area contributed by atoms with Crippen LogP contribution in [0.25, 0.3) is 0 Å². The first-order valence-electron chi connectivity index (χ1n) is 17.4. The quantitative estimate of drug-likeness (QED) is 0.0667. The molecule has 280 valence electrons. The Hall–Kier alpha value is -4.63. The maximum absolute atomic E-state index is 14.2. The van der Waals surface area contributed by atoms with Crippen molar-refractivity contribution in [2.45, 2.75) is 70.3 Å². The number of hydrogen-bond acceptors (Lipinski definition) is 9. The number of aliphatic hydroxyl groups excluding tert-OH is 1. The van der Waals surface area contributed by atoms with Crippen molar-refractivity contribution in [3.63, 3.8) is 0 Å². The molecule has 1 saturated heterocycles. The van der Waals surface area contributed by atoms with Crippen LogP contribution in [0.4, 0.5) is 4.79 Å².